The predicted molar refractivity (Wildman–Crippen MR) is 90.2 cm³/mol. The predicted octanol–water partition coefficient (Wildman–Crippen LogP) is 3.40. The monoisotopic (exact) mass is 321 g/mol. The molecule has 0 fully saturated rings. The smallest absolute Gasteiger partial charge is 0.233 e. The molecule has 0 unspecified atom stereocenters. The van der Waals surface area contributed by atoms with Crippen molar-refractivity contribution in [2.24, 2.45) is 0 Å². The van der Waals surface area contributed by atoms with E-state index in [9.17, 15) is 4.79 Å². The van der Waals surface area contributed by atoms with Crippen LogP contribution < -0.4 is 5.32 Å². The highest BCUT2D eigenvalue weighted by molar-refractivity contribution is 8.00. The largest absolute Gasteiger partial charge is 0.352 e. The van der Waals surface area contributed by atoms with Crippen LogP contribution in [-0.4, -0.2) is 27.7 Å². The van der Waals surface area contributed by atoms with Crippen molar-refractivity contribution in [1.82, 2.24) is 15.3 Å². The highest BCUT2D eigenvalue weighted by Gasteiger charge is 2.19. The molecule has 0 aromatic carbocycles. The average Bonchev–Trinajstić information content (AvgIpc) is 2.70. The van der Waals surface area contributed by atoms with E-state index in [1.807, 2.05) is 13.8 Å². The second-order valence-corrected chi connectivity index (χ2v) is 7.37. The van der Waals surface area contributed by atoms with Crippen LogP contribution in [0.1, 0.15) is 23.2 Å². The van der Waals surface area contributed by atoms with Gasteiger partial charge in [0.25, 0.3) is 0 Å². The third kappa shape index (κ3) is 3.44. The van der Waals surface area contributed by atoms with Gasteiger partial charge in [0, 0.05) is 16.8 Å². The van der Waals surface area contributed by atoms with E-state index in [1.54, 1.807) is 17.4 Å². The Morgan fingerprint density at radius 3 is 2.81 bits per heavy atom. The molecule has 0 spiro atoms. The van der Waals surface area contributed by atoms with Crippen LogP contribution in [0.2, 0.25) is 0 Å². The van der Waals surface area contributed by atoms with Crippen molar-refractivity contribution in [3.63, 3.8) is 0 Å². The quantitative estimate of drug-likeness (QED) is 0.521. The van der Waals surface area contributed by atoms with E-state index in [1.165, 1.54) is 22.2 Å². The first-order valence-electron chi connectivity index (χ1n) is 6.73. The molecule has 0 aliphatic carbocycles. The Labute approximate surface area is 133 Å². The maximum atomic E-state index is 12.0. The first-order chi connectivity index (χ1) is 9.93. The SMILES string of the molecule is C=CCNC(=O)[C@@H](C)Sc1nc(C)nc2sc(C)c(C)c12. The van der Waals surface area contributed by atoms with Gasteiger partial charge in [0.15, 0.2) is 0 Å². The van der Waals surface area contributed by atoms with Crippen LogP contribution in [0.25, 0.3) is 10.2 Å². The minimum Gasteiger partial charge on any atom is -0.352 e. The van der Waals surface area contributed by atoms with E-state index < -0.39 is 0 Å². The zero-order valence-corrected chi connectivity index (χ0v) is 14.3. The lowest BCUT2D eigenvalue weighted by atomic mass is 10.2. The molecule has 2 aromatic rings. The molecule has 0 aliphatic heterocycles. The number of fused-ring (bicyclic) bond motifs is 1. The number of carbonyl (C=O) groups is 1. The van der Waals surface area contributed by atoms with Gasteiger partial charge in [-0.1, -0.05) is 17.8 Å². The molecular formula is C15H19N3OS2. The van der Waals surface area contributed by atoms with Gasteiger partial charge in [-0.2, -0.15) is 0 Å². The first kappa shape index (κ1) is 16.0. The van der Waals surface area contributed by atoms with Crippen LogP contribution in [0.3, 0.4) is 0 Å². The molecule has 6 heteroatoms. The highest BCUT2D eigenvalue weighted by atomic mass is 32.2. The standard InChI is InChI=1S/C15H19N3OS2/c1-6-7-16-13(19)10(4)21-15-12-8(2)9(3)20-14(12)17-11(5)18-15/h6,10H,1,7H2,2-5H3,(H,16,19)/t10-/m1/s1. The number of thiophene rings is 1. The van der Waals surface area contributed by atoms with Gasteiger partial charge in [0.05, 0.1) is 5.25 Å². The number of hydrogen-bond acceptors (Lipinski definition) is 5. The molecule has 1 N–H and O–H groups in total. The Bertz CT molecular complexity index is 694. The van der Waals surface area contributed by atoms with Gasteiger partial charge in [-0.25, -0.2) is 9.97 Å². The molecule has 0 aliphatic rings. The molecule has 2 rings (SSSR count). The Balaban J connectivity index is 2.33. The van der Waals surface area contributed by atoms with E-state index in [4.69, 9.17) is 0 Å². The number of thioether (sulfide) groups is 1. The number of aromatic nitrogens is 2. The molecule has 2 heterocycles. The molecular weight excluding hydrogens is 302 g/mol. The number of aryl methyl sites for hydroxylation is 3. The molecule has 21 heavy (non-hydrogen) atoms. The van der Waals surface area contributed by atoms with Gasteiger partial charge in [0.2, 0.25) is 5.91 Å². The van der Waals surface area contributed by atoms with Crippen molar-refractivity contribution in [1.29, 1.82) is 0 Å². The second-order valence-electron chi connectivity index (χ2n) is 4.83. The van der Waals surface area contributed by atoms with Gasteiger partial charge < -0.3 is 5.32 Å². The summed E-state index contributed by atoms with van der Waals surface area (Å²) in [6, 6.07) is 0. The van der Waals surface area contributed by atoms with E-state index in [-0.39, 0.29) is 11.2 Å². The van der Waals surface area contributed by atoms with Crippen LogP contribution >= 0.6 is 23.1 Å². The van der Waals surface area contributed by atoms with Gasteiger partial charge in [-0.05, 0) is 33.3 Å². The zero-order chi connectivity index (χ0) is 15.6. The minimum atomic E-state index is -0.206. The zero-order valence-electron chi connectivity index (χ0n) is 12.7. The Kier molecular flexibility index (Phi) is 5.00. The molecule has 0 saturated heterocycles. The molecule has 1 amide bonds. The van der Waals surface area contributed by atoms with Crippen LogP contribution in [0.4, 0.5) is 0 Å². The minimum absolute atomic E-state index is 0.00563. The van der Waals surface area contributed by atoms with E-state index in [0.29, 0.717) is 6.54 Å². The summed E-state index contributed by atoms with van der Waals surface area (Å²) in [6.45, 7) is 12.0. The summed E-state index contributed by atoms with van der Waals surface area (Å²) in [5, 5.41) is 4.58. The summed E-state index contributed by atoms with van der Waals surface area (Å²) in [4.78, 5) is 23.3. The number of hydrogen-bond donors (Lipinski definition) is 1. The van der Waals surface area contributed by atoms with Crippen LogP contribution in [0.15, 0.2) is 17.7 Å². The summed E-state index contributed by atoms with van der Waals surface area (Å²) < 4.78 is 0. The highest BCUT2D eigenvalue weighted by Crippen LogP contribution is 2.36. The summed E-state index contributed by atoms with van der Waals surface area (Å²) in [5.41, 5.74) is 1.20. The topological polar surface area (TPSA) is 54.9 Å². The van der Waals surface area contributed by atoms with Gasteiger partial charge in [-0.3, -0.25) is 4.79 Å². The molecule has 112 valence electrons. The van der Waals surface area contributed by atoms with Crippen molar-refractivity contribution in [2.45, 2.75) is 38.0 Å². The maximum Gasteiger partial charge on any atom is 0.233 e. The fourth-order valence-electron chi connectivity index (χ4n) is 1.94. The number of rotatable bonds is 5. The van der Waals surface area contributed by atoms with E-state index in [0.717, 1.165) is 21.1 Å². The maximum absolute atomic E-state index is 12.0. The lowest BCUT2D eigenvalue weighted by Crippen LogP contribution is -2.30. The van der Waals surface area contributed by atoms with Crippen molar-refractivity contribution in [3.05, 3.63) is 28.9 Å². The molecule has 0 saturated carbocycles. The number of carbonyl (C=O) groups excluding carboxylic acids is 1. The average molecular weight is 321 g/mol. The van der Waals surface area contributed by atoms with E-state index >= 15 is 0 Å². The molecule has 4 nitrogen and oxygen atoms in total. The van der Waals surface area contributed by atoms with E-state index in [2.05, 4.69) is 35.7 Å². The molecule has 0 bridgehead atoms. The van der Waals surface area contributed by atoms with Gasteiger partial charge >= 0.3 is 0 Å². The van der Waals surface area contributed by atoms with Crippen molar-refractivity contribution >= 4 is 39.2 Å². The second kappa shape index (κ2) is 6.58. The van der Waals surface area contributed by atoms with Crippen LogP contribution in [-0.2, 0) is 4.79 Å². The van der Waals surface area contributed by atoms with Gasteiger partial charge in [0.1, 0.15) is 15.7 Å². The summed E-state index contributed by atoms with van der Waals surface area (Å²) >= 11 is 3.16. The van der Waals surface area contributed by atoms with Crippen LogP contribution in [0, 0.1) is 20.8 Å². The summed E-state index contributed by atoms with van der Waals surface area (Å²) in [7, 11) is 0. The third-order valence-corrected chi connectivity index (χ3v) is 5.37. The third-order valence-electron chi connectivity index (χ3n) is 3.19. The number of nitrogens with zero attached hydrogens (tertiary/aromatic N) is 2. The van der Waals surface area contributed by atoms with Crippen LogP contribution in [0.5, 0.6) is 0 Å². The fraction of sp³-hybridized carbons (Fsp3) is 0.400. The number of amides is 1. The summed E-state index contributed by atoms with van der Waals surface area (Å²) in [6.07, 6.45) is 1.68. The van der Waals surface area contributed by atoms with Crippen molar-refractivity contribution in [3.8, 4) is 0 Å². The molecule has 2 aromatic heterocycles. The normalized spacial score (nSPS) is 12.4. The van der Waals surface area contributed by atoms with Crippen molar-refractivity contribution in [2.75, 3.05) is 6.54 Å². The Morgan fingerprint density at radius 2 is 2.14 bits per heavy atom. The molecule has 1 atom stereocenters. The first-order valence-corrected chi connectivity index (χ1v) is 8.43. The van der Waals surface area contributed by atoms with Gasteiger partial charge in [-0.15, -0.1) is 17.9 Å². The Hall–Kier alpha value is -1.40. The Morgan fingerprint density at radius 1 is 1.43 bits per heavy atom. The summed E-state index contributed by atoms with van der Waals surface area (Å²) in [5.74, 6) is 0.735. The lowest BCUT2D eigenvalue weighted by Gasteiger charge is -2.11. The fourth-order valence-corrected chi connectivity index (χ4v) is 4.15. The molecule has 0 radical (unpaired) electrons. The van der Waals surface area contributed by atoms with Crippen molar-refractivity contribution < 1.29 is 4.79 Å². The lowest BCUT2D eigenvalue weighted by molar-refractivity contribution is -0.120. The number of nitrogens with one attached hydrogen (secondary N) is 1.